The van der Waals surface area contributed by atoms with Gasteiger partial charge < -0.3 is 33.0 Å². The number of carbonyl (C=O) groups is 3. The van der Waals surface area contributed by atoms with Gasteiger partial charge in [0.15, 0.2) is 19.7 Å². The molecular weight excluding hydrogens is 1180 g/mol. The lowest BCUT2D eigenvalue weighted by Crippen LogP contribution is -2.69. The Bertz CT molecular complexity index is 4000. The maximum atomic E-state index is 17.4. The molecule has 1 saturated carbocycles. The Labute approximate surface area is 540 Å². The molecule has 2 aliphatic heterocycles. The summed E-state index contributed by atoms with van der Waals surface area (Å²) in [6, 6.07) is 37.1. The fourth-order valence-electron chi connectivity index (χ4n) is 13.6. The van der Waals surface area contributed by atoms with Crippen molar-refractivity contribution in [3.63, 3.8) is 0 Å². The van der Waals surface area contributed by atoms with E-state index in [0.717, 1.165) is 22.3 Å². The molecule has 0 amide bonds. The molecule has 0 unspecified atom stereocenters. The molecule has 3 heterocycles. The second-order valence-electron chi connectivity index (χ2n) is 29.3. The monoisotopic (exact) mass is 1270 g/mol. The van der Waals surface area contributed by atoms with E-state index < -0.39 is 59.7 Å². The van der Waals surface area contributed by atoms with Crippen molar-refractivity contribution in [1.29, 1.82) is 0 Å². The summed E-state index contributed by atoms with van der Waals surface area (Å²) in [5, 5.41) is 16.8. The molecule has 1 aromatic heterocycles. The van der Waals surface area contributed by atoms with Crippen molar-refractivity contribution >= 4 is 31.6 Å². The molecule has 0 bridgehead atoms. The number of Topliss-reactive ketones (excluding diaryl/α,β-unsaturated/α-hetero) is 2. The van der Waals surface area contributed by atoms with E-state index in [2.05, 4.69) is 77.3 Å². The Kier molecular flexibility index (Phi) is 17.6. The van der Waals surface area contributed by atoms with Gasteiger partial charge in [-0.2, -0.15) is 0 Å². The molecule has 3 aliphatic carbocycles. The smallest absolute Gasteiger partial charge is 0.347 e. The van der Waals surface area contributed by atoms with Gasteiger partial charge in [-0.15, -0.1) is 0 Å². The molecule has 1 fully saturated rings. The molecule has 0 spiro atoms. The summed E-state index contributed by atoms with van der Waals surface area (Å²) in [6.07, 6.45) is 0.297. The van der Waals surface area contributed by atoms with Gasteiger partial charge in [0.2, 0.25) is 11.6 Å². The standard InChI is InChI=1S/C48H58FN3O7Si.C27H28FNO3/c1-45(2,3)52-24-31-32(25-52)40(56-26-28-18-14-12-15-19-28)34-30(37(31)49)22-47(7)23-33-38(51(8)9)41-35(44(50-58-41)57-27-29-20-16-13-17-21-29)42(54)48(33,43(55)36(47)39(34)53)59-60(10,11)46(4,5)6;1-18-23(26(30)32-20-13-9-6-10-14-20)25(31-17-19-11-7-5-8-12-19)22-16-29(27(2,3)4)15-21(22)24(18)28/h12-21,33,38,53H,22-27H2,1-11H3;5-14H,15-17H2,1-4H3/t33-,38-,47-,48+;/m0./s1. The van der Waals surface area contributed by atoms with Gasteiger partial charge in [0.05, 0.1) is 11.6 Å². The Morgan fingerprint density at radius 2 is 1.13 bits per heavy atom. The summed E-state index contributed by atoms with van der Waals surface area (Å²) < 4.78 is 70.9. The summed E-state index contributed by atoms with van der Waals surface area (Å²) in [5.41, 5.74) is 2.60. The van der Waals surface area contributed by atoms with Crippen molar-refractivity contribution in [2.75, 3.05) is 14.1 Å². The molecule has 5 aliphatic rings. The predicted octanol–water partition coefficient (Wildman–Crippen LogP) is 15.8. The quantitative estimate of drug-likeness (QED) is 0.0475. The van der Waals surface area contributed by atoms with Crippen molar-refractivity contribution in [3.8, 4) is 23.1 Å². The molecular formula is C75H86F2N4O10Si. The average molecular weight is 1270 g/mol. The van der Waals surface area contributed by atoms with Crippen molar-refractivity contribution in [3.05, 3.63) is 211 Å². The molecule has 92 heavy (non-hydrogen) atoms. The fraction of sp³-hybridized carbons (Fsp3) is 0.413. The summed E-state index contributed by atoms with van der Waals surface area (Å²) >= 11 is 0. The van der Waals surface area contributed by atoms with Crippen LogP contribution in [0.25, 0.3) is 5.76 Å². The zero-order chi connectivity index (χ0) is 66.2. The van der Waals surface area contributed by atoms with Crippen molar-refractivity contribution in [2.24, 2.45) is 11.3 Å². The van der Waals surface area contributed by atoms with Crippen molar-refractivity contribution in [2.45, 2.75) is 176 Å². The molecule has 0 radical (unpaired) electrons. The predicted molar refractivity (Wildman–Crippen MR) is 352 cm³/mol. The van der Waals surface area contributed by atoms with Gasteiger partial charge >= 0.3 is 5.97 Å². The normalized spacial score (nSPS) is 20.5. The van der Waals surface area contributed by atoms with E-state index in [-0.39, 0.29) is 89.0 Å². The number of aliphatic hydroxyl groups is 1. The number of fused-ring (bicyclic) bond motifs is 6. The van der Waals surface area contributed by atoms with Gasteiger partial charge in [-0.3, -0.25) is 24.3 Å². The second kappa shape index (κ2) is 24.6. The van der Waals surface area contributed by atoms with Gasteiger partial charge in [0.1, 0.15) is 65.6 Å². The number of ether oxygens (including phenoxy) is 4. The lowest BCUT2D eigenvalue weighted by Gasteiger charge is -2.57. The third-order valence-corrected chi connectivity index (χ3v) is 24.2. The summed E-state index contributed by atoms with van der Waals surface area (Å²) in [7, 11) is 0.773. The highest BCUT2D eigenvalue weighted by Crippen LogP contribution is 2.63. The minimum atomic E-state index is -2.98. The minimum Gasteiger partial charge on any atom is -0.507 e. The first-order chi connectivity index (χ1) is 43.4. The topological polar surface area (TPSA) is 153 Å². The van der Waals surface area contributed by atoms with Crippen LogP contribution in [0.4, 0.5) is 8.78 Å². The first kappa shape index (κ1) is 65.7. The maximum absolute atomic E-state index is 17.4. The number of benzene rings is 6. The molecule has 1 N–H and O–H groups in total. The Balaban J connectivity index is 0.000000228. The molecule has 7 aromatic rings. The van der Waals surface area contributed by atoms with E-state index in [1.807, 2.05) is 136 Å². The third kappa shape index (κ3) is 11.9. The number of rotatable bonds is 14. The van der Waals surface area contributed by atoms with Crippen LogP contribution in [-0.4, -0.2) is 81.6 Å². The van der Waals surface area contributed by atoms with E-state index in [0.29, 0.717) is 71.4 Å². The van der Waals surface area contributed by atoms with Gasteiger partial charge in [-0.25, -0.2) is 13.6 Å². The largest absolute Gasteiger partial charge is 0.507 e. The maximum Gasteiger partial charge on any atom is 0.347 e. The van der Waals surface area contributed by atoms with Crippen LogP contribution in [0.2, 0.25) is 18.1 Å². The highest BCUT2D eigenvalue weighted by atomic mass is 28.4. The zero-order valence-corrected chi connectivity index (χ0v) is 56.7. The third-order valence-electron chi connectivity index (χ3n) is 19.7. The van der Waals surface area contributed by atoms with Crippen LogP contribution < -0.4 is 18.9 Å². The number of aromatic nitrogens is 1. The Morgan fingerprint density at radius 1 is 0.663 bits per heavy atom. The number of para-hydroxylation sites is 1. The van der Waals surface area contributed by atoms with Gasteiger partial charge in [-0.05, 0) is 128 Å². The fourth-order valence-corrected chi connectivity index (χ4v) is 15.0. The zero-order valence-electron chi connectivity index (χ0n) is 55.7. The highest BCUT2D eigenvalue weighted by molar-refractivity contribution is 6.74. The van der Waals surface area contributed by atoms with E-state index in [1.54, 1.807) is 31.2 Å². The number of esters is 1. The number of halogens is 2. The van der Waals surface area contributed by atoms with Crippen molar-refractivity contribution < 1.29 is 56.2 Å². The van der Waals surface area contributed by atoms with E-state index in [4.69, 9.17) is 27.9 Å². The average Bonchev–Trinajstić information content (AvgIpc) is 0.895. The summed E-state index contributed by atoms with van der Waals surface area (Å²) in [4.78, 5) is 51.4. The summed E-state index contributed by atoms with van der Waals surface area (Å²) in [5.74, 6) is -2.32. The Hall–Kier alpha value is -7.80. The first-order valence-electron chi connectivity index (χ1n) is 31.7. The Morgan fingerprint density at radius 3 is 1.63 bits per heavy atom. The van der Waals surface area contributed by atoms with Gasteiger partial charge in [0, 0.05) is 87.5 Å². The van der Waals surface area contributed by atoms with Crippen LogP contribution in [0.1, 0.15) is 164 Å². The minimum absolute atomic E-state index is 0.0201. The highest BCUT2D eigenvalue weighted by Gasteiger charge is 2.71. The van der Waals surface area contributed by atoms with E-state index >= 15 is 18.4 Å². The van der Waals surface area contributed by atoms with Crippen LogP contribution in [0, 0.1) is 29.9 Å². The van der Waals surface area contributed by atoms with Crippen LogP contribution >= 0.6 is 0 Å². The SMILES string of the molecule is CN(C)[C@@H]1c2onc(OCc3ccccc3)c2C(=O)[C@@]2(O[Si](C)(C)C(C)(C)C)C(=O)C3=C(O)c4c(c(F)c5c(c4OCc4ccccc4)CN(C(C)(C)C)C5)C[C@@]3(C)C[C@@H]12.Cc1c(F)c2c(c(OCc3ccccc3)c1C(=O)Oc1ccccc1)CN(C(C)(C)C)C2. The van der Waals surface area contributed by atoms with Gasteiger partial charge in [-0.1, -0.05) is 137 Å². The number of hydrogen-bond acceptors (Lipinski definition) is 14. The summed E-state index contributed by atoms with van der Waals surface area (Å²) in [6.45, 7) is 28.6. The number of carbonyl (C=O) groups excluding carboxylic acids is 3. The van der Waals surface area contributed by atoms with Crippen LogP contribution in [-0.2, 0) is 61.6 Å². The number of ketones is 2. The molecule has 12 rings (SSSR count). The van der Waals surface area contributed by atoms with Crippen molar-refractivity contribution in [1.82, 2.24) is 19.9 Å². The molecule has 6 aromatic carbocycles. The van der Waals surface area contributed by atoms with Gasteiger partial charge in [0.25, 0.3) is 5.88 Å². The number of hydrogen-bond donors (Lipinski definition) is 1. The van der Waals surface area contributed by atoms with Crippen LogP contribution in [0.5, 0.6) is 23.1 Å². The lowest BCUT2D eigenvalue weighted by atomic mass is 9.52. The molecule has 0 saturated heterocycles. The first-order valence-corrected chi connectivity index (χ1v) is 34.6. The van der Waals surface area contributed by atoms with E-state index in [1.165, 1.54) is 0 Å². The van der Waals surface area contributed by atoms with E-state index in [9.17, 15) is 9.90 Å². The molecule has 484 valence electrons. The molecule has 4 atom stereocenters. The second-order valence-corrected chi connectivity index (χ2v) is 34.0. The van der Waals surface area contributed by atoms with Crippen LogP contribution in [0.3, 0.4) is 0 Å². The molecule has 14 nitrogen and oxygen atoms in total. The number of aliphatic hydroxyl groups excluding tert-OH is 1. The lowest BCUT2D eigenvalue weighted by molar-refractivity contribution is -0.143. The van der Waals surface area contributed by atoms with Crippen LogP contribution in [0.15, 0.2) is 131 Å². The molecule has 17 heteroatoms. The number of nitrogens with zero attached hydrogens (tertiary/aromatic N) is 4.